The topological polar surface area (TPSA) is 111 Å². The van der Waals surface area contributed by atoms with E-state index in [1.54, 1.807) is 25.4 Å². The molecule has 2 heterocycles. The quantitative estimate of drug-likeness (QED) is 0.790. The Balaban J connectivity index is 2.29. The summed E-state index contributed by atoms with van der Waals surface area (Å²) in [5, 5.41) is 9.35. The highest BCUT2D eigenvalue weighted by Crippen LogP contribution is 2.21. The highest BCUT2D eigenvalue weighted by Gasteiger charge is 2.14. The molecule has 1 atom stereocenters. The largest absolute Gasteiger partial charge is 0.480 e. The van der Waals surface area contributed by atoms with E-state index in [4.69, 9.17) is 15.6 Å². The zero-order valence-corrected chi connectivity index (χ0v) is 9.70. The van der Waals surface area contributed by atoms with Gasteiger partial charge in [-0.15, -0.1) is 0 Å². The average molecular weight is 248 g/mol. The number of aryl methyl sites for hydroxylation is 1. The van der Waals surface area contributed by atoms with Crippen LogP contribution in [0.25, 0.3) is 10.9 Å². The van der Waals surface area contributed by atoms with Crippen LogP contribution in [0.5, 0.6) is 5.88 Å². The Hall–Kier alpha value is -2.28. The molecule has 0 fully saturated rings. The van der Waals surface area contributed by atoms with E-state index in [-0.39, 0.29) is 6.61 Å². The number of carboxylic acid groups (broad SMARTS) is 1. The minimum Gasteiger partial charge on any atom is -0.480 e. The zero-order chi connectivity index (χ0) is 13.1. The molecule has 94 valence electrons. The van der Waals surface area contributed by atoms with E-state index in [0.717, 1.165) is 0 Å². The number of fused-ring (bicyclic) bond motifs is 1. The Labute approximate surface area is 103 Å². The second-order valence-electron chi connectivity index (χ2n) is 3.72. The Morgan fingerprint density at radius 1 is 1.56 bits per heavy atom. The molecule has 0 spiro atoms. The Morgan fingerprint density at radius 2 is 2.33 bits per heavy atom. The van der Waals surface area contributed by atoms with Gasteiger partial charge >= 0.3 is 5.97 Å². The third-order valence-corrected chi connectivity index (χ3v) is 2.29. The number of carbonyl (C=O) groups is 1. The molecule has 2 aromatic heterocycles. The molecule has 0 amide bonds. The number of hydrogen-bond donors (Lipinski definition) is 2. The Kier molecular flexibility index (Phi) is 3.33. The molecule has 2 aromatic rings. The molecular weight excluding hydrogens is 236 g/mol. The van der Waals surface area contributed by atoms with Crippen molar-refractivity contribution in [3.8, 4) is 5.88 Å². The van der Waals surface area contributed by atoms with Crippen molar-refractivity contribution in [2.75, 3.05) is 6.61 Å². The zero-order valence-electron chi connectivity index (χ0n) is 9.70. The molecule has 0 saturated carbocycles. The molecule has 0 aliphatic heterocycles. The van der Waals surface area contributed by atoms with Crippen LogP contribution in [0.3, 0.4) is 0 Å². The molecule has 7 heteroatoms. The highest BCUT2D eigenvalue weighted by atomic mass is 16.5. The van der Waals surface area contributed by atoms with Crippen LogP contribution < -0.4 is 10.5 Å². The van der Waals surface area contributed by atoms with Crippen LogP contribution in [0.4, 0.5) is 0 Å². The van der Waals surface area contributed by atoms with Crippen molar-refractivity contribution in [3.05, 3.63) is 24.3 Å². The molecule has 0 bridgehead atoms. The van der Waals surface area contributed by atoms with Crippen molar-refractivity contribution in [1.29, 1.82) is 0 Å². The molecule has 0 saturated heterocycles. The van der Waals surface area contributed by atoms with Crippen LogP contribution in [-0.4, -0.2) is 38.7 Å². The summed E-state index contributed by atoms with van der Waals surface area (Å²) in [6.07, 6.45) is 3.18. The van der Waals surface area contributed by atoms with E-state index < -0.39 is 12.0 Å². The van der Waals surface area contributed by atoms with Gasteiger partial charge in [0.05, 0.1) is 17.1 Å². The van der Waals surface area contributed by atoms with Crippen LogP contribution in [0.1, 0.15) is 5.82 Å². The number of aliphatic carboxylic acids is 1. The van der Waals surface area contributed by atoms with E-state index >= 15 is 0 Å². The van der Waals surface area contributed by atoms with Crippen LogP contribution in [-0.2, 0) is 4.79 Å². The number of carboxylic acids is 1. The van der Waals surface area contributed by atoms with Gasteiger partial charge in [0.1, 0.15) is 18.5 Å². The fraction of sp³-hybridized carbons (Fsp3) is 0.273. The van der Waals surface area contributed by atoms with Crippen LogP contribution in [0.15, 0.2) is 18.5 Å². The van der Waals surface area contributed by atoms with Gasteiger partial charge in [-0.1, -0.05) is 0 Å². The molecule has 3 N–H and O–H groups in total. The number of aromatic nitrogens is 3. The maximum atomic E-state index is 10.6. The van der Waals surface area contributed by atoms with Gasteiger partial charge in [0, 0.05) is 6.20 Å². The van der Waals surface area contributed by atoms with E-state index in [1.165, 1.54) is 0 Å². The first-order valence-electron chi connectivity index (χ1n) is 5.27. The molecule has 18 heavy (non-hydrogen) atoms. The molecule has 0 aliphatic carbocycles. The lowest BCUT2D eigenvalue weighted by Crippen LogP contribution is -2.36. The lowest BCUT2D eigenvalue weighted by Gasteiger charge is -2.10. The van der Waals surface area contributed by atoms with E-state index in [2.05, 4.69) is 15.0 Å². The van der Waals surface area contributed by atoms with E-state index in [9.17, 15) is 4.79 Å². The molecular formula is C11H12N4O3. The lowest BCUT2D eigenvalue weighted by atomic mass is 10.3. The summed E-state index contributed by atoms with van der Waals surface area (Å²) >= 11 is 0. The predicted octanol–water partition coefficient (Wildman–Crippen LogP) is 0.124. The lowest BCUT2D eigenvalue weighted by molar-refractivity contribution is -0.139. The van der Waals surface area contributed by atoms with Crippen LogP contribution in [0.2, 0.25) is 0 Å². The summed E-state index contributed by atoms with van der Waals surface area (Å²) < 4.78 is 5.34. The third-order valence-electron chi connectivity index (χ3n) is 2.29. The highest BCUT2D eigenvalue weighted by molar-refractivity contribution is 5.82. The Bertz CT molecular complexity index is 588. The fourth-order valence-electron chi connectivity index (χ4n) is 1.41. The summed E-state index contributed by atoms with van der Waals surface area (Å²) in [6.45, 7) is 1.57. The first kappa shape index (κ1) is 12.2. The maximum absolute atomic E-state index is 10.6. The average Bonchev–Trinajstić information content (AvgIpc) is 2.35. The van der Waals surface area contributed by atoms with Crippen molar-refractivity contribution < 1.29 is 14.6 Å². The predicted molar refractivity (Wildman–Crippen MR) is 63.2 cm³/mol. The van der Waals surface area contributed by atoms with Crippen molar-refractivity contribution in [1.82, 2.24) is 15.0 Å². The first-order valence-corrected chi connectivity index (χ1v) is 5.27. The molecule has 0 radical (unpaired) electrons. The first-order chi connectivity index (χ1) is 8.58. The van der Waals surface area contributed by atoms with Crippen LogP contribution in [0, 0.1) is 6.92 Å². The number of nitrogens with zero attached hydrogens (tertiary/aromatic N) is 3. The monoisotopic (exact) mass is 248 g/mol. The van der Waals surface area contributed by atoms with E-state index in [1.807, 2.05) is 0 Å². The standard InChI is InChI=1S/C11H12N4O3/c1-6-14-9-4-13-3-2-7(9)10(15-6)18-5-8(12)11(16)17/h2-4,8H,5,12H2,1H3,(H,16,17). The third kappa shape index (κ3) is 2.51. The van der Waals surface area contributed by atoms with Gasteiger partial charge in [-0.3, -0.25) is 9.78 Å². The van der Waals surface area contributed by atoms with Gasteiger partial charge in [-0.2, -0.15) is 4.98 Å². The summed E-state index contributed by atoms with van der Waals surface area (Å²) in [4.78, 5) is 22.9. The number of nitrogens with two attached hydrogens (primary N) is 1. The van der Waals surface area contributed by atoms with Gasteiger partial charge < -0.3 is 15.6 Å². The summed E-state index contributed by atoms with van der Waals surface area (Å²) in [7, 11) is 0. The van der Waals surface area contributed by atoms with Gasteiger partial charge in [0.25, 0.3) is 0 Å². The second kappa shape index (κ2) is 4.92. The van der Waals surface area contributed by atoms with Gasteiger partial charge in [0.2, 0.25) is 5.88 Å². The fourth-order valence-corrected chi connectivity index (χ4v) is 1.41. The number of ether oxygens (including phenoxy) is 1. The van der Waals surface area contributed by atoms with Gasteiger partial charge in [-0.25, -0.2) is 4.98 Å². The van der Waals surface area contributed by atoms with Gasteiger partial charge in [-0.05, 0) is 13.0 Å². The number of pyridine rings is 1. The van der Waals surface area contributed by atoms with E-state index in [0.29, 0.717) is 22.6 Å². The minimum absolute atomic E-state index is 0.150. The van der Waals surface area contributed by atoms with Crippen LogP contribution >= 0.6 is 0 Å². The normalized spacial score (nSPS) is 12.3. The number of rotatable bonds is 4. The smallest absolute Gasteiger partial charge is 0.324 e. The number of hydrogen-bond acceptors (Lipinski definition) is 6. The molecule has 7 nitrogen and oxygen atoms in total. The summed E-state index contributed by atoms with van der Waals surface area (Å²) in [6, 6.07) is 0.619. The summed E-state index contributed by atoms with van der Waals surface area (Å²) in [5.41, 5.74) is 6.01. The maximum Gasteiger partial charge on any atom is 0.324 e. The van der Waals surface area contributed by atoms with Crippen molar-refractivity contribution in [2.45, 2.75) is 13.0 Å². The van der Waals surface area contributed by atoms with Crippen molar-refractivity contribution in [3.63, 3.8) is 0 Å². The molecule has 2 rings (SSSR count). The van der Waals surface area contributed by atoms with Crippen molar-refractivity contribution >= 4 is 16.9 Å². The molecule has 0 aromatic carbocycles. The second-order valence-corrected chi connectivity index (χ2v) is 3.72. The summed E-state index contributed by atoms with van der Waals surface area (Å²) in [5.74, 6) is -0.280. The van der Waals surface area contributed by atoms with Gasteiger partial charge in [0.15, 0.2) is 0 Å². The minimum atomic E-state index is -1.12. The molecule has 1 unspecified atom stereocenters. The van der Waals surface area contributed by atoms with Crippen molar-refractivity contribution in [2.24, 2.45) is 5.73 Å². The molecule has 0 aliphatic rings. The Morgan fingerprint density at radius 3 is 3.06 bits per heavy atom. The SMILES string of the molecule is Cc1nc(OCC(N)C(=O)O)c2ccncc2n1.